The number of Topliss-reactive ketones (excluding diaryl/α,β-unsaturated/α-hetero) is 1. The van der Waals surface area contributed by atoms with Crippen LogP contribution in [0.25, 0.3) is 0 Å². The zero-order valence-corrected chi connectivity index (χ0v) is 18.6. The summed E-state index contributed by atoms with van der Waals surface area (Å²) in [7, 11) is 0. The summed E-state index contributed by atoms with van der Waals surface area (Å²) in [6, 6.07) is 18.7. The summed E-state index contributed by atoms with van der Waals surface area (Å²) in [6.07, 6.45) is -1.33. The van der Waals surface area contributed by atoms with Crippen LogP contribution in [-0.2, 0) is 9.53 Å². The number of nitro benzene ring substituents is 1. The number of benzene rings is 3. The lowest BCUT2D eigenvalue weighted by Crippen LogP contribution is -2.26. The molecule has 0 spiro atoms. The lowest BCUT2D eigenvalue weighted by molar-refractivity contribution is -0.384. The molecular formula is C25H23N3O6. The highest BCUT2D eigenvalue weighted by Gasteiger charge is 2.27. The van der Waals surface area contributed by atoms with Crippen molar-refractivity contribution in [3.8, 4) is 0 Å². The number of ether oxygens (including phenoxy) is 1. The van der Waals surface area contributed by atoms with Gasteiger partial charge in [-0.3, -0.25) is 19.7 Å². The average molecular weight is 461 g/mol. The van der Waals surface area contributed by atoms with Crippen molar-refractivity contribution < 1.29 is 24.0 Å². The van der Waals surface area contributed by atoms with Gasteiger partial charge >= 0.3 is 5.97 Å². The quantitative estimate of drug-likeness (QED) is 0.203. The van der Waals surface area contributed by atoms with Gasteiger partial charge in [0, 0.05) is 29.4 Å². The fourth-order valence-electron chi connectivity index (χ4n) is 3.25. The average Bonchev–Trinajstić information content (AvgIpc) is 2.83. The zero-order chi connectivity index (χ0) is 24.7. The zero-order valence-electron chi connectivity index (χ0n) is 18.6. The summed E-state index contributed by atoms with van der Waals surface area (Å²) in [4.78, 5) is 48.4. The Hall–Kier alpha value is -4.53. The molecule has 0 aromatic heterocycles. The molecule has 1 atom stereocenters. The van der Waals surface area contributed by atoms with Crippen LogP contribution >= 0.6 is 0 Å². The largest absolute Gasteiger partial charge is 0.444 e. The third-order valence-corrected chi connectivity index (χ3v) is 4.90. The van der Waals surface area contributed by atoms with E-state index in [0.29, 0.717) is 23.4 Å². The summed E-state index contributed by atoms with van der Waals surface area (Å²) >= 11 is 0. The van der Waals surface area contributed by atoms with Gasteiger partial charge in [0.2, 0.25) is 6.10 Å². The number of hydrogen-bond acceptors (Lipinski definition) is 7. The smallest absolute Gasteiger partial charge is 0.339 e. The molecule has 0 heterocycles. The lowest BCUT2D eigenvalue weighted by atomic mass is 10.1. The summed E-state index contributed by atoms with van der Waals surface area (Å²) in [5.41, 5.74) is 1.11. The standard InChI is InChI=1S/C25H23N3O6/c1-3-26-21-13-12-19(15-22(21)28(32)33)25(31)34-23(17-8-5-4-6-9-17)24(30)27-20-11-7-10-18(14-20)16(2)29/h4-15,23,26H,3H2,1-2H3,(H,27,30). The van der Waals surface area contributed by atoms with Crippen molar-refractivity contribution in [3.05, 3.63) is 99.6 Å². The highest BCUT2D eigenvalue weighted by Crippen LogP contribution is 2.28. The van der Waals surface area contributed by atoms with Gasteiger partial charge in [0.15, 0.2) is 5.78 Å². The maximum Gasteiger partial charge on any atom is 0.339 e. The van der Waals surface area contributed by atoms with Crippen LogP contribution in [-0.4, -0.2) is 29.1 Å². The molecule has 9 nitrogen and oxygen atoms in total. The van der Waals surface area contributed by atoms with E-state index < -0.39 is 22.9 Å². The van der Waals surface area contributed by atoms with Crippen molar-refractivity contribution in [2.45, 2.75) is 20.0 Å². The molecule has 34 heavy (non-hydrogen) atoms. The molecule has 0 saturated heterocycles. The minimum absolute atomic E-state index is 0.0688. The van der Waals surface area contributed by atoms with Crippen molar-refractivity contribution in [3.63, 3.8) is 0 Å². The Morgan fingerprint density at radius 2 is 1.71 bits per heavy atom. The second-order valence-electron chi connectivity index (χ2n) is 7.34. The van der Waals surface area contributed by atoms with Gasteiger partial charge in [-0.2, -0.15) is 0 Å². The monoisotopic (exact) mass is 461 g/mol. The van der Waals surface area contributed by atoms with Gasteiger partial charge in [-0.1, -0.05) is 42.5 Å². The van der Waals surface area contributed by atoms with E-state index in [1.165, 1.54) is 25.1 Å². The van der Waals surface area contributed by atoms with Gasteiger partial charge in [-0.25, -0.2) is 4.79 Å². The number of ketones is 1. The number of nitrogens with one attached hydrogen (secondary N) is 2. The Balaban J connectivity index is 1.89. The van der Waals surface area contributed by atoms with Crippen LogP contribution in [0.15, 0.2) is 72.8 Å². The first kappa shape index (κ1) is 24.1. The van der Waals surface area contributed by atoms with Gasteiger partial charge in [-0.05, 0) is 38.1 Å². The van der Waals surface area contributed by atoms with Gasteiger partial charge in [0.25, 0.3) is 11.6 Å². The van der Waals surface area contributed by atoms with E-state index in [1.54, 1.807) is 55.5 Å². The fraction of sp³-hybridized carbons (Fsp3) is 0.160. The second-order valence-corrected chi connectivity index (χ2v) is 7.34. The molecule has 0 radical (unpaired) electrons. The highest BCUT2D eigenvalue weighted by molar-refractivity contribution is 6.00. The minimum Gasteiger partial charge on any atom is -0.444 e. The van der Waals surface area contributed by atoms with E-state index in [2.05, 4.69) is 10.6 Å². The number of nitrogens with zero attached hydrogens (tertiary/aromatic N) is 1. The Bertz CT molecular complexity index is 1230. The third-order valence-electron chi connectivity index (χ3n) is 4.90. The Kier molecular flexibility index (Phi) is 7.71. The van der Waals surface area contributed by atoms with Crippen LogP contribution in [0.5, 0.6) is 0 Å². The van der Waals surface area contributed by atoms with E-state index in [0.717, 1.165) is 6.07 Å². The van der Waals surface area contributed by atoms with E-state index in [4.69, 9.17) is 4.74 Å². The molecule has 3 aromatic carbocycles. The van der Waals surface area contributed by atoms with Crippen LogP contribution in [0.2, 0.25) is 0 Å². The molecule has 1 unspecified atom stereocenters. The summed E-state index contributed by atoms with van der Waals surface area (Å²) in [5.74, 6) is -1.70. The number of carbonyl (C=O) groups is 3. The van der Waals surface area contributed by atoms with Gasteiger partial charge in [-0.15, -0.1) is 0 Å². The summed E-state index contributed by atoms with van der Waals surface area (Å²) in [5, 5.41) is 17.0. The number of hydrogen-bond donors (Lipinski definition) is 2. The first-order valence-electron chi connectivity index (χ1n) is 10.5. The number of anilines is 2. The van der Waals surface area contributed by atoms with Crippen LogP contribution < -0.4 is 10.6 Å². The van der Waals surface area contributed by atoms with Crippen molar-refractivity contribution in [2.75, 3.05) is 17.2 Å². The van der Waals surface area contributed by atoms with Gasteiger partial charge in [0.05, 0.1) is 10.5 Å². The predicted molar refractivity (Wildman–Crippen MR) is 127 cm³/mol. The van der Waals surface area contributed by atoms with E-state index in [9.17, 15) is 24.5 Å². The first-order chi connectivity index (χ1) is 16.3. The first-order valence-corrected chi connectivity index (χ1v) is 10.5. The van der Waals surface area contributed by atoms with Crippen molar-refractivity contribution in [1.29, 1.82) is 0 Å². The van der Waals surface area contributed by atoms with Crippen molar-refractivity contribution in [1.82, 2.24) is 0 Å². The van der Waals surface area contributed by atoms with Gasteiger partial charge in [0.1, 0.15) is 5.69 Å². The molecule has 3 aromatic rings. The SMILES string of the molecule is CCNc1ccc(C(=O)OC(C(=O)Nc2cccc(C(C)=O)c2)c2ccccc2)cc1[N+](=O)[O-]. The Labute approximate surface area is 195 Å². The number of carbonyl (C=O) groups excluding carboxylic acids is 3. The predicted octanol–water partition coefficient (Wildman–Crippen LogP) is 4.77. The molecule has 2 N–H and O–H groups in total. The van der Waals surface area contributed by atoms with E-state index in [-0.39, 0.29) is 22.7 Å². The molecule has 1 amide bonds. The number of amides is 1. The van der Waals surface area contributed by atoms with Crippen molar-refractivity contribution >= 4 is 34.7 Å². The molecule has 0 aliphatic carbocycles. The Morgan fingerprint density at radius 1 is 0.971 bits per heavy atom. The van der Waals surface area contributed by atoms with Crippen LogP contribution in [0.3, 0.4) is 0 Å². The van der Waals surface area contributed by atoms with Gasteiger partial charge < -0.3 is 15.4 Å². The number of rotatable bonds is 9. The second kappa shape index (κ2) is 10.9. The topological polar surface area (TPSA) is 128 Å². The summed E-state index contributed by atoms with van der Waals surface area (Å²) < 4.78 is 5.51. The molecule has 0 saturated carbocycles. The molecule has 0 fully saturated rings. The number of esters is 1. The maximum absolute atomic E-state index is 13.1. The fourth-order valence-corrected chi connectivity index (χ4v) is 3.25. The van der Waals surface area contributed by atoms with Crippen LogP contribution in [0, 0.1) is 10.1 Å². The van der Waals surface area contributed by atoms with Crippen LogP contribution in [0.4, 0.5) is 17.1 Å². The molecular weight excluding hydrogens is 438 g/mol. The molecule has 0 bridgehead atoms. The molecule has 0 aliphatic heterocycles. The highest BCUT2D eigenvalue weighted by atomic mass is 16.6. The normalized spacial score (nSPS) is 11.2. The third kappa shape index (κ3) is 5.83. The Morgan fingerprint density at radius 3 is 2.35 bits per heavy atom. The van der Waals surface area contributed by atoms with Crippen LogP contribution in [0.1, 0.15) is 46.2 Å². The van der Waals surface area contributed by atoms with Crippen molar-refractivity contribution in [2.24, 2.45) is 0 Å². The number of nitro groups is 1. The lowest BCUT2D eigenvalue weighted by Gasteiger charge is -2.18. The molecule has 174 valence electrons. The van der Waals surface area contributed by atoms with E-state index >= 15 is 0 Å². The maximum atomic E-state index is 13.1. The minimum atomic E-state index is -1.33. The summed E-state index contributed by atoms with van der Waals surface area (Å²) in [6.45, 7) is 3.67. The van der Waals surface area contributed by atoms with E-state index in [1.807, 2.05) is 0 Å². The molecule has 0 aliphatic rings. The molecule has 3 rings (SSSR count). The molecule has 9 heteroatoms.